The van der Waals surface area contributed by atoms with Gasteiger partial charge in [0.15, 0.2) is 0 Å². The molecule has 0 aliphatic rings. The summed E-state index contributed by atoms with van der Waals surface area (Å²) in [5.41, 5.74) is 1.13. The molecule has 1 unspecified atom stereocenters. The Morgan fingerprint density at radius 1 is 1.29 bits per heavy atom. The molecule has 124 valence electrons. The summed E-state index contributed by atoms with van der Waals surface area (Å²) < 4.78 is 3.45. The molecule has 7 heteroatoms. The van der Waals surface area contributed by atoms with Crippen molar-refractivity contribution in [3.63, 3.8) is 0 Å². The summed E-state index contributed by atoms with van der Waals surface area (Å²) in [7, 11) is 1.77. The molecule has 2 aromatic heterocycles. The van der Waals surface area contributed by atoms with Crippen LogP contribution in [0.15, 0.2) is 55.0 Å². The third-order valence-electron chi connectivity index (χ3n) is 3.71. The lowest BCUT2D eigenvalue weighted by Gasteiger charge is -2.13. The Bertz CT molecular complexity index is 825. The van der Waals surface area contributed by atoms with E-state index in [9.17, 15) is 9.90 Å². The number of aliphatic hydroxyl groups is 1. The van der Waals surface area contributed by atoms with Gasteiger partial charge >= 0.3 is 0 Å². The number of rotatable bonds is 5. The number of hydrogen-bond donors (Lipinski definition) is 2. The number of nitrogens with one attached hydrogen (secondary N) is 1. The van der Waals surface area contributed by atoms with Crippen molar-refractivity contribution in [3.05, 3.63) is 71.1 Å². The van der Waals surface area contributed by atoms with E-state index < -0.39 is 6.10 Å². The summed E-state index contributed by atoms with van der Waals surface area (Å²) in [6.07, 6.45) is 4.39. The van der Waals surface area contributed by atoms with E-state index in [4.69, 9.17) is 11.6 Å². The van der Waals surface area contributed by atoms with Crippen molar-refractivity contribution >= 4 is 17.5 Å². The van der Waals surface area contributed by atoms with Gasteiger partial charge in [0.05, 0.1) is 12.3 Å². The molecule has 0 saturated carbocycles. The van der Waals surface area contributed by atoms with Gasteiger partial charge in [-0.3, -0.25) is 9.48 Å². The predicted octanol–water partition coefficient (Wildman–Crippen LogP) is 2.33. The molecule has 2 N–H and O–H groups in total. The minimum Gasteiger partial charge on any atom is -0.387 e. The number of hydrogen-bond acceptors (Lipinski definition) is 3. The smallest absolute Gasteiger partial charge is 0.256 e. The highest BCUT2D eigenvalue weighted by molar-refractivity contribution is 6.30. The fraction of sp³-hybridized carbons (Fsp3) is 0.176. The van der Waals surface area contributed by atoms with E-state index in [0.717, 1.165) is 0 Å². The summed E-state index contributed by atoms with van der Waals surface area (Å²) in [5.74, 6) is 0.373. The van der Waals surface area contributed by atoms with Crippen LogP contribution < -0.4 is 5.32 Å². The molecule has 2 heterocycles. The van der Waals surface area contributed by atoms with Crippen molar-refractivity contribution in [2.24, 2.45) is 7.05 Å². The van der Waals surface area contributed by atoms with E-state index in [1.54, 1.807) is 36.0 Å². The van der Waals surface area contributed by atoms with Gasteiger partial charge in [-0.25, -0.2) is 0 Å². The number of aromatic nitrogens is 3. The Balaban J connectivity index is 1.71. The monoisotopic (exact) mass is 344 g/mol. The highest BCUT2D eigenvalue weighted by atomic mass is 35.5. The molecule has 6 nitrogen and oxygen atoms in total. The number of aliphatic hydroxyl groups excluding tert-OH is 1. The second-order valence-electron chi connectivity index (χ2n) is 5.37. The van der Waals surface area contributed by atoms with E-state index in [1.165, 1.54) is 6.20 Å². The molecule has 3 rings (SSSR count). The van der Waals surface area contributed by atoms with Gasteiger partial charge in [-0.2, -0.15) is 5.10 Å². The lowest BCUT2D eigenvalue weighted by atomic mass is 10.1. The number of carbonyl (C=O) groups is 1. The van der Waals surface area contributed by atoms with Crippen LogP contribution in [0.1, 0.15) is 22.0 Å². The molecule has 0 radical (unpaired) electrons. The Labute approximate surface area is 144 Å². The van der Waals surface area contributed by atoms with Gasteiger partial charge in [-0.15, -0.1) is 0 Å². The number of benzene rings is 1. The van der Waals surface area contributed by atoms with Crippen LogP contribution in [-0.4, -0.2) is 31.9 Å². The average molecular weight is 345 g/mol. The molecule has 0 saturated heterocycles. The maximum atomic E-state index is 12.5. The molecule has 0 bridgehead atoms. The van der Waals surface area contributed by atoms with E-state index in [1.807, 2.05) is 29.1 Å². The first kappa shape index (κ1) is 16.3. The van der Waals surface area contributed by atoms with Gasteiger partial charge in [0.25, 0.3) is 5.91 Å². The van der Waals surface area contributed by atoms with Crippen LogP contribution in [0.25, 0.3) is 5.82 Å². The lowest BCUT2D eigenvalue weighted by Crippen LogP contribution is -2.29. The molecule has 24 heavy (non-hydrogen) atoms. The van der Waals surface area contributed by atoms with Crippen LogP contribution in [0.5, 0.6) is 0 Å². The quantitative estimate of drug-likeness (QED) is 0.746. The molecular formula is C17H17ClN4O2. The Morgan fingerprint density at radius 3 is 2.62 bits per heavy atom. The second-order valence-corrected chi connectivity index (χ2v) is 5.81. The molecule has 0 aliphatic heterocycles. The molecule has 3 aromatic rings. The molecule has 1 aromatic carbocycles. The van der Waals surface area contributed by atoms with Gasteiger partial charge < -0.3 is 15.0 Å². The van der Waals surface area contributed by atoms with Crippen LogP contribution >= 0.6 is 11.6 Å². The summed E-state index contributed by atoms with van der Waals surface area (Å²) in [6, 6.07) is 10.6. The lowest BCUT2D eigenvalue weighted by molar-refractivity contribution is 0.0916. The fourth-order valence-corrected chi connectivity index (χ4v) is 2.59. The largest absolute Gasteiger partial charge is 0.387 e. The van der Waals surface area contributed by atoms with Gasteiger partial charge in [-0.1, -0.05) is 23.7 Å². The summed E-state index contributed by atoms with van der Waals surface area (Å²) >= 11 is 5.83. The van der Waals surface area contributed by atoms with Crippen molar-refractivity contribution in [2.45, 2.75) is 6.10 Å². The third kappa shape index (κ3) is 3.34. The van der Waals surface area contributed by atoms with E-state index >= 15 is 0 Å². The topological polar surface area (TPSA) is 72.1 Å². The first-order valence-corrected chi connectivity index (χ1v) is 7.81. The van der Waals surface area contributed by atoms with Crippen molar-refractivity contribution in [3.8, 4) is 5.82 Å². The Kier molecular flexibility index (Phi) is 4.69. The van der Waals surface area contributed by atoms with Crippen LogP contribution in [0.3, 0.4) is 0 Å². The van der Waals surface area contributed by atoms with Crippen molar-refractivity contribution in [1.29, 1.82) is 0 Å². The number of halogens is 1. The second kappa shape index (κ2) is 6.90. The first-order chi connectivity index (χ1) is 11.6. The zero-order valence-corrected chi connectivity index (χ0v) is 13.8. The summed E-state index contributed by atoms with van der Waals surface area (Å²) in [6.45, 7) is 0.0977. The van der Waals surface area contributed by atoms with Crippen molar-refractivity contribution < 1.29 is 9.90 Å². The number of aryl methyl sites for hydroxylation is 1. The summed E-state index contributed by atoms with van der Waals surface area (Å²) in [4.78, 5) is 12.5. The van der Waals surface area contributed by atoms with Crippen LogP contribution in [-0.2, 0) is 7.05 Å². The minimum absolute atomic E-state index is 0.0977. The summed E-state index contributed by atoms with van der Waals surface area (Å²) in [5, 5.41) is 17.7. The van der Waals surface area contributed by atoms with Crippen LogP contribution in [0.4, 0.5) is 0 Å². The zero-order valence-electron chi connectivity index (χ0n) is 13.1. The maximum absolute atomic E-state index is 12.5. The minimum atomic E-state index is -0.807. The van der Waals surface area contributed by atoms with Crippen molar-refractivity contribution in [1.82, 2.24) is 19.7 Å². The van der Waals surface area contributed by atoms with Gasteiger partial charge in [0, 0.05) is 31.0 Å². The SMILES string of the molecule is Cn1ncc(C(=O)NCC(O)c2ccc(Cl)cc2)c1-n1cccc1. The zero-order chi connectivity index (χ0) is 17.1. The van der Waals surface area contributed by atoms with Crippen LogP contribution in [0, 0.1) is 0 Å². The number of carbonyl (C=O) groups excluding carboxylic acids is 1. The third-order valence-corrected chi connectivity index (χ3v) is 3.96. The molecule has 0 fully saturated rings. The maximum Gasteiger partial charge on any atom is 0.256 e. The molecule has 0 spiro atoms. The molecular weight excluding hydrogens is 328 g/mol. The van der Waals surface area contributed by atoms with E-state index in [0.29, 0.717) is 22.0 Å². The highest BCUT2D eigenvalue weighted by Gasteiger charge is 2.18. The van der Waals surface area contributed by atoms with Gasteiger partial charge in [-0.05, 0) is 29.8 Å². The van der Waals surface area contributed by atoms with E-state index in [2.05, 4.69) is 10.4 Å². The molecule has 0 aliphatic carbocycles. The Morgan fingerprint density at radius 2 is 1.96 bits per heavy atom. The normalized spacial score (nSPS) is 12.1. The van der Waals surface area contributed by atoms with E-state index in [-0.39, 0.29) is 12.5 Å². The standard InChI is InChI=1S/C17H17ClN4O2/c1-21-17(22-8-2-3-9-22)14(10-20-21)16(24)19-11-15(23)12-4-6-13(18)7-5-12/h2-10,15,23H,11H2,1H3,(H,19,24). The molecule has 1 amide bonds. The fourth-order valence-electron chi connectivity index (χ4n) is 2.46. The van der Waals surface area contributed by atoms with Crippen LogP contribution in [0.2, 0.25) is 5.02 Å². The molecule has 1 atom stereocenters. The van der Waals surface area contributed by atoms with Gasteiger partial charge in [0.1, 0.15) is 11.4 Å². The number of nitrogens with zero attached hydrogens (tertiary/aromatic N) is 3. The predicted molar refractivity (Wildman–Crippen MR) is 91.3 cm³/mol. The van der Waals surface area contributed by atoms with Crippen molar-refractivity contribution in [2.75, 3.05) is 6.54 Å². The Hall–Kier alpha value is -2.57. The highest BCUT2D eigenvalue weighted by Crippen LogP contribution is 2.17. The number of amides is 1. The average Bonchev–Trinajstić information content (AvgIpc) is 3.22. The van der Waals surface area contributed by atoms with Gasteiger partial charge in [0.2, 0.25) is 0 Å². The first-order valence-electron chi connectivity index (χ1n) is 7.43.